The summed E-state index contributed by atoms with van der Waals surface area (Å²) in [7, 11) is 0.0615. The Morgan fingerprint density at radius 1 is 0.441 bits per heavy atom. The predicted octanol–water partition coefficient (Wildman–Crippen LogP) is 21.2. The third kappa shape index (κ3) is 14.5. The second-order valence-corrected chi connectivity index (χ2v) is 23.7. The van der Waals surface area contributed by atoms with Gasteiger partial charge in [0.15, 0.2) is 0 Å². The Kier molecular flexibility index (Phi) is 20.6. The summed E-state index contributed by atoms with van der Waals surface area (Å²) in [6.07, 6.45) is 5.08. The van der Waals surface area contributed by atoms with E-state index in [1.165, 1.54) is 0 Å². The van der Waals surface area contributed by atoms with Crippen molar-refractivity contribution in [3.05, 3.63) is 292 Å². The van der Waals surface area contributed by atoms with Crippen molar-refractivity contribution in [3.63, 3.8) is 0 Å². The van der Waals surface area contributed by atoms with E-state index in [9.17, 15) is 25.1 Å². The molecule has 0 aliphatic heterocycles. The van der Waals surface area contributed by atoms with Crippen molar-refractivity contribution in [2.75, 3.05) is 37.2 Å². The molecule has 12 aromatic rings. The third-order valence-corrected chi connectivity index (χ3v) is 17.7. The normalized spacial score (nSPS) is 10.9. The van der Waals surface area contributed by atoms with E-state index in [1.54, 1.807) is 28.1 Å². The van der Waals surface area contributed by atoms with E-state index in [1.807, 2.05) is 190 Å². The summed E-state index contributed by atoms with van der Waals surface area (Å²) in [6.45, 7) is 16.0. The first-order valence-electron chi connectivity index (χ1n) is 30.1. The molecule has 12 rings (SSSR count). The molecule has 0 heterocycles. The lowest BCUT2D eigenvalue weighted by atomic mass is 9.91. The van der Waals surface area contributed by atoms with Crippen LogP contribution in [-0.4, -0.2) is 33.7 Å². The summed E-state index contributed by atoms with van der Waals surface area (Å²) in [5.41, 5.74) is 14.0. The number of carbonyl (C=O) groups is 1. The molecule has 12 nitrogen and oxygen atoms in total. The highest BCUT2D eigenvalue weighted by Gasteiger charge is 2.25. The van der Waals surface area contributed by atoms with E-state index in [-0.39, 0.29) is 19.4 Å². The number of ether oxygens (including phenoxy) is 2. The van der Waals surface area contributed by atoms with Gasteiger partial charge in [0.05, 0.1) is 56.9 Å². The van der Waals surface area contributed by atoms with Gasteiger partial charge < -0.3 is 28.3 Å². The van der Waals surface area contributed by atoms with E-state index >= 15 is 0 Å². The number of rotatable bonds is 17. The van der Waals surface area contributed by atoms with Gasteiger partial charge >= 0.3 is 7.60 Å². The van der Waals surface area contributed by atoms with Crippen LogP contribution in [0.15, 0.2) is 231 Å². The van der Waals surface area contributed by atoms with Gasteiger partial charge in [-0.15, -0.1) is 0 Å². The SMILES string of the molecule is CCOP(=O)(Cc1ccc2c(C#N)c3cc(C)ccc3c(C#N)c2c1)OCC.COc1ccc(N(c2ccccc2)c2ccc(C=O)cc2)cc1.[C-]#[N+]c1c2ccc(C)cc2c(C#N)c2ccc(C=Cc3ccc(N(c4ccccc4)c4ccc(OC)cc4)cc3)cc12. The lowest BCUT2D eigenvalue weighted by molar-refractivity contribution is 0.112. The number of hydrogen-bond donors (Lipinski definition) is 0. The average Bonchev–Trinajstić information content (AvgIpc) is 3.16. The first-order valence-corrected chi connectivity index (χ1v) is 31.9. The number of aryl methyl sites for hydroxylation is 2. The van der Waals surface area contributed by atoms with Crippen molar-refractivity contribution in [2.45, 2.75) is 33.9 Å². The molecule has 13 heteroatoms. The molecule has 0 radical (unpaired) electrons. The van der Waals surface area contributed by atoms with Crippen LogP contribution in [0.1, 0.15) is 68.7 Å². The molecule has 0 saturated carbocycles. The molecule has 0 N–H and O–H groups in total. The highest BCUT2D eigenvalue weighted by molar-refractivity contribution is 7.53. The first kappa shape index (κ1) is 64.4. The van der Waals surface area contributed by atoms with Crippen LogP contribution in [0, 0.1) is 54.4 Å². The van der Waals surface area contributed by atoms with Crippen LogP contribution < -0.4 is 19.3 Å². The minimum Gasteiger partial charge on any atom is -0.497 e. The summed E-state index contributed by atoms with van der Waals surface area (Å²) < 4.78 is 34.2. The standard InChI is InChI=1S/C38H27N3O.C22H21N2O3P.C20H17NO2/c1-26-9-21-34-35(23-26)37(25-39)33-22-14-28(24-36(33)38(34)40-2)11-10-27-12-15-30(16-13-27)41(29-7-5-4-6-8-29)31-17-19-32(42-3)20-18-31;1-4-26-28(25,27-5-2)14-16-7-9-18-20(11-16)22(13-24)17-8-6-15(3)10-19(17)21(18)12-23;1-23-20-13-11-19(12-14-20)21(17-5-3-2-4-6-17)18-9-7-16(15-22)8-10-18/h4-24H,1,3H3;6-11H,4-5,14H2,1-3H3;2-15H,1H3. The Morgan fingerprint density at radius 2 is 0.817 bits per heavy atom. The van der Waals surface area contributed by atoms with Crippen molar-refractivity contribution < 1.29 is 27.9 Å². The number of nitrogens with zero attached hydrogens (tertiary/aromatic N) is 6. The topological polar surface area (TPSA) is 153 Å². The Balaban J connectivity index is 0.000000161. The molecule has 12 aromatic carbocycles. The largest absolute Gasteiger partial charge is 0.497 e. The van der Waals surface area contributed by atoms with Crippen molar-refractivity contribution in [1.29, 1.82) is 15.8 Å². The van der Waals surface area contributed by atoms with E-state index in [2.05, 4.69) is 99.6 Å². The van der Waals surface area contributed by atoms with Crippen LogP contribution in [0.3, 0.4) is 0 Å². The maximum atomic E-state index is 12.9. The number of fused-ring (bicyclic) bond motifs is 4. The van der Waals surface area contributed by atoms with E-state index in [4.69, 9.17) is 25.1 Å². The van der Waals surface area contributed by atoms with Crippen LogP contribution in [0.25, 0.3) is 60.1 Å². The number of aldehydes is 1. The molecule has 456 valence electrons. The van der Waals surface area contributed by atoms with Crippen LogP contribution >= 0.6 is 7.60 Å². The molecular formula is C80H65N6O6P. The van der Waals surface area contributed by atoms with Crippen LogP contribution in [0.2, 0.25) is 0 Å². The molecule has 0 bridgehead atoms. The fourth-order valence-electron chi connectivity index (χ4n) is 11.3. The minimum atomic E-state index is -3.26. The molecular weight excluding hydrogens is 1170 g/mol. The summed E-state index contributed by atoms with van der Waals surface area (Å²) in [4.78, 5) is 19.1. The summed E-state index contributed by atoms with van der Waals surface area (Å²) in [6, 6.07) is 82.3. The lowest BCUT2D eigenvalue weighted by Gasteiger charge is -2.25. The maximum absolute atomic E-state index is 12.9. The van der Waals surface area contributed by atoms with Gasteiger partial charge in [0.25, 0.3) is 0 Å². The van der Waals surface area contributed by atoms with Crippen molar-refractivity contribution in [1.82, 2.24) is 0 Å². The fourth-order valence-corrected chi connectivity index (χ4v) is 13.0. The van der Waals surface area contributed by atoms with Gasteiger partial charge in [-0.3, -0.25) is 9.36 Å². The Bertz CT molecular complexity index is 4930. The number of nitriles is 3. The summed E-state index contributed by atoms with van der Waals surface area (Å²) in [5, 5.41) is 35.7. The first-order chi connectivity index (χ1) is 45.4. The predicted molar refractivity (Wildman–Crippen MR) is 377 cm³/mol. The maximum Gasteiger partial charge on any atom is 0.335 e. The molecule has 0 aromatic heterocycles. The monoisotopic (exact) mass is 1240 g/mol. The molecule has 0 saturated heterocycles. The van der Waals surface area contributed by atoms with Gasteiger partial charge in [-0.2, -0.15) is 15.8 Å². The van der Waals surface area contributed by atoms with E-state index in [0.717, 1.165) is 112 Å². The Labute approximate surface area is 542 Å². The van der Waals surface area contributed by atoms with Crippen LogP contribution in [-0.2, 0) is 19.8 Å². The Morgan fingerprint density at radius 3 is 1.26 bits per heavy atom. The van der Waals surface area contributed by atoms with E-state index in [0.29, 0.717) is 38.7 Å². The molecule has 0 atom stereocenters. The molecule has 0 spiro atoms. The smallest absolute Gasteiger partial charge is 0.335 e. The fraction of sp³-hybridized carbons (Fsp3) is 0.113. The second-order valence-electron chi connectivity index (χ2n) is 21.7. The zero-order valence-corrected chi connectivity index (χ0v) is 53.3. The van der Waals surface area contributed by atoms with Gasteiger partial charge in [0.1, 0.15) is 36.0 Å². The van der Waals surface area contributed by atoms with Crippen LogP contribution in [0.4, 0.5) is 39.8 Å². The Hall–Kier alpha value is -11.6. The minimum absolute atomic E-state index is 0.114. The zero-order valence-electron chi connectivity index (χ0n) is 52.4. The highest BCUT2D eigenvalue weighted by Crippen LogP contribution is 2.52. The van der Waals surface area contributed by atoms with Gasteiger partial charge in [0.2, 0.25) is 5.69 Å². The molecule has 0 aliphatic rings. The molecule has 0 unspecified atom stereocenters. The second kappa shape index (κ2) is 29.8. The molecule has 93 heavy (non-hydrogen) atoms. The number of methoxy groups -OCH3 is 2. The number of benzene rings is 12. The van der Waals surface area contributed by atoms with E-state index < -0.39 is 7.60 Å². The van der Waals surface area contributed by atoms with Crippen molar-refractivity contribution >= 4 is 109 Å². The van der Waals surface area contributed by atoms with Gasteiger partial charge in [-0.25, -0.2) is 4.85 Å². The van der Waals surface area contributed by atoms with Gasteiger partial charge in [-0.1, -0.05) is 139 Å². The van der Waals surface area contributed by atoms with Crippen molar-refractivity contribution in [3.8, 4) is 29.7 Å². The number of hydrogen-bond acceptors (Lipinski definition) is 11. The zero-order chi connectivity index (χ0) is 65.4. The summed E-state index contributed by atoms with van der Waals surface area (Å²) >= 11 is 0. The lowest BCUT2D eigenvalue weighted by Crippen LogP contribution is -2.09. The highest BCUT2D eigenvalue weighted by atomic mass is 31.2. The number of para-hydroxylation sites is 2. The van der Waals surface area contributed by atoms with Crippen molar-refractivity contribution in [2.24, 2.45) is 0 Å². The summed E-state index contributed by atoms with van der Waals surface area (Å²) in [5.74, 6) is 1.63. The average molecular weight is 1240 g/mol. The molecule has 0 fully saturated rings. The molecule has 0 amide bonds. The van der Waals surface area contributed by atoms with Crippen LogP contribution in [0.5, 0.6) is 11.5 Å². The van der Waals surface area contributed by atoms with Gasteiger partial charge in [-0.05, 0) is 181 Å². The molecule has 0 aliphatic carbocycles. The van der Waals surface area contributed by atoms with Gasteiger partial charge in [0, 0.05) is 61.2 Å². The number of anilines is 6. The quantitative estimate of drug-likeness (QED) is 0.0281. The number of carbonyl (C=O) groups excluding carboxylic acids is 1. The third-order valence-electron chi connectivity index (χ3n) is 15.7.